The predicted molar refractivity (Wildman–Crippen MR) is 123 cm³/mol. The molecule has 0 aromatic heterocycles. The van der Waals surface area contributed by atoms with Gasteiger partial charge in [0.2, 0.25) is 5.91 Å². The third-order valence-corrected chi connectivity index (χ3v) is 6.59. The second kappa shape index (κ2) is 9.29. The molecule has 0 bridgehead atoms. The molecule has 1 heterocycles. The number of aliphatic hydroxyl groups is 1. The van der Waals surface area contributed by atoms with Gasteiger partial charge >= 0.3 is 0 Å². The Labute approximate surface area is 180 Å². The zero-order valence-corrected chi connectivity index (χ0v) is 18.9. The Hall–Kier alpha value is -2.21. The summed E-state index contributed by atoms with van der Waals surface area (Å²) in [4.78, 5) is 18.2. The summed E-state index contributed by atoms with van der Waals surface area (Å²) >= 11 is 0. The van der Waals surface area contributed by atoms with Gasteiger partial charge in [-0.3, -0.25) is 9.69 Å². The maximum absolute atomic E-state index is 14.3. The maximum Gasteiger partial charge on any atom is 0.247 e. The molecule has 5 heteroatoms. The van der Waals surface area contributed by atoms with E-state index in [1.165, 1.54) is 0 Å². The van der Waals surface area contributed by atoms with Crippen LogP contribution in [0.4, 0.5) is 5.69 Å². The largest absolute Gasteiger partial charge is 0.386 e. The average molecular weight is 410 g/mol. The Morgan fingerprint density at radius 3 is 2.10 bits per heavy atom. The van der Waals surface area contributed by atoms with Crippen molar-refractivity contribution in [2.45, 2.75) is 51.3 Å². The summed E-state index contributed by atoms with van der Waals surface area (Å²) < 4.78 is 0. The van der Waals surface area contributed by atoms with Gasteiger partial charge in [0.1, 0.15) is 5.54 Å². The molecular weight excluding hydrogens is 374 g/mol. The zero-order chi connectivity index (χ0) is 21.9. The number of nitrogens with one attached hydrogen (secondary N) is 1. The van der Waals surface area contributed by atoms with Crippen molar-refractivity contribution in [2.75, 3.05) is 32.1 Å². The van der Waals surface area contributed by atoms with Crippen molar-refractivity contribution in [1.82, 2.24) is 10.2 Å². The van der Waals surface area contributed by atoms with Crippen molar-refractivity contribution in [2.24, 2.45) is 0 Å². The molecule has 2 aromatic carbocycles. The summed E-state index contributed by atoms with van der Waals surface area (Å²) in [6.07, 6.45) is 0.707. The number of hydrogen-bond acceptors (Lipinski definition) is 4. The first kappa shape index (κ1) is 22.5. The topological polar surface area (TPSA) is 55.8 Å². The number of amides is 1. The van der Waals surface area contributed by atoms with Crippen molar-refractivity contribution in [3.05, 3.63) is 65.2 Å². The number of carbonyl (C=O) groups excluding carboxylic acids is 1. The molecule has 162 valence electrons. The second-order valence-electron chi connectivity index (χ2n) is 8.69. The summed E-state index contributed by atoms with van der Waals surface area (Å²) in [6, 6.07) is 15.3. The lowest BCUT2D eigenvalue weighted by Crippen LogP contribution is -2.63. The highest BCUT2D eigenvalue weighted by atomic mass is 16.3. The SMILES string of the molecule is Cc1cccc(C)c1N(C(=O)C1(N(C)C)CCNCC1)C(C)C(O)c1ccccc1. The first-order chi connectivity index (χ1) is 14.3. The van der Waals surface area contributed by atoms with Crippen molar-refractivity contribution in [1.29, 1.82) is 0 Å². The Morgan fingerprint density at radius 2 is 1.57 bits per heavy atom. The van der Waals surface area contributed by atoms with Crippen LogP contribution in [0.25, 0.3) is 0 Å². The summed E-state index contributed by atoms with van der Waals surface area (Å²) in [5, 5.41) is 14.6. The number of anilines is 1. The lowest BCUT2D eigenvalue weighted by molar-refractivity contribution is -0.132. The van der Waals surface area contributed by atoms with Crippen LogP contribution in [0.3, 0.4) is 0 Å². The van der Waals surface area contributed by atoms with Crippen LogP contribution in [0.1, 0.15) is 42.6 Å². The zero-order valence-electron chi connectivity index (χ0n) is 18.9. The van der Waals surface area contributed by atoms with Crippen LogP contribution < -0.4 is 10.2 Å². The number of benzene rings is 2. The Bertz CT molecular complexity index is 840. The third-order valence-electron chi connectivity index (χ3n) is 6.59. The van der Waals surface area contributed by atoms with E-state index in [2.05, 4.69) is 10.2 Å². The molecule has 0 aliphatic carbocycles. The number of nitrogens with zero attached hydrogens (tertiary/aromatic N) is 2. The van der Waals surface area contributed by atoms with Gasteiger partial charge in [0.15, 0.2) is 0 Å². The molecule has 0 saturated carbocycles. The Morgan fingerprint density at radius 1 is 1.00 bits per heavy atom. The van der Waals surface area contributed by atoms with Gasteiger partial charge in [-0.2, -0.15) is 0 Å². The van der Waals surface area contributed by atoms with Gasteiger partial charge in [-0.15, -0.1) is 0 Å². The molecule has 3 rings (SSSR count). The molecule has 1 fully saturated rings. The normalized spacial score (nSPS) is 18.1. The third kappa shape index (κ3) is 4.15. The van der Waals surface area contributed by atoms with E-state index in [1.54, 1.807) is 0 Å². The molecule has 1 aliphatic heterocycles. The highest BCUT2D eigenvalue weighted by molar-refractivity contribution is 6.02. The predicted octanol–water partition coefficient (Wildman–Crippen LogP) is 3.44. The number of rotatable bonds is 6. The van der Waals surface area contributed by atoms with E-state index in [0.29, 0.717) is 0 Å². The van der Waals surface area contributed by atoms with Crippen LogP contribution in [-0.2, 0) is 4.79 Å². The summed E-state index contributed by atoms with van der Waals surface area (Å²) in [6.45, 7) is 7.64. The minimum Gasteiger partial charge on any atom is -0.386 e. The smallest absolute Gasteiger partial charge is 0.247 e. The monoisotopic (exact) mass is 409 g/mol. The van der Waals surface area contributed by atoms with E-state index < -0.39 is 17.7 Å². The van der Waals surface area contributed by atoms with Crippen molar-refractivity contribution >= 4 is 11.6 Å². The van der Waals surface area contributed by atoms with E-state index in [0.717, 1.165) is 48.3 Å². The number of hydrogen-bond donors (Lipinski definition) is 2. The van der Waals surface area contributed by atoms with Gasteiger partial charge in [-0.05, 0) is 77.5 Å². The highest BCUT2D eigenvalue weighted by Crippen LogP contribution is 2.36. The van der Waals surface area contributed by atoms with Crippen LogP contribution in [0, 0.1) is 13.8 Å². The number of aryl methyl sites for hydroxylation is 2. The molecule has 2 unspecified atom stereocenters. The fraction of sp³-hybridized carbons (Fsp3) is 0.480. The van der Waals surface area contributed by atoms with Crippen LogP contribution in [0.5, 0.6) is 0 Å². The number of likely N-dealkylation sites (N-methyl/N-ethyl adjacent to an activating group) is 1. The van der Waals surface area contributed by atoms with E-state index in [4.69, 9.17) is 0 Å². The van der Waals surface area contributed by atoms with Crippen LogP contribution in [0.15, 0.2) is 48.5 Å². The Kier molecular flexibility index (Phi) is 6.96. The average Bonchev–Trinajstić information content (AvgIpc) is 2.76. The van der Waals surface area contributed by atoms with Crippen molar-refractivity contribution in [3.63, 3.8) is 0 Å². The molecule has 5 nitrogen and oxygen atoms in total. The lowest BCUT2D eigenvalue weighted by atomic mass is 9.84. The van der Waals surface area contributed by atoms with E-state index in [1.807, 2.05) is 88.3 Å². The first-order valence-electron chi connectivity index (χ1n) is 10.8. The van der Waals surface area contributed by atoms with Gasteiger partial charge in [0.05, 0.1) is 12.1 Å². The molecule has 0 spiro atoms. The van der Waals surface area contributed by atoms with Gasteiger partial charge in [-0.1, -0.05) is 48.5 Å². The molecule has 2 aromatic rings. The molecule has 30 heavy (non-hydrogen) atoms. The van der Waals surface area contributed by atoms with Crippen molar-refractivity contribution < 1.29 is 9.90 Å². The fourth-order valence-electron chi connectivity index (χ4n) is 4.66. The highest BCUT2D eigenvalue weighted by Gasteiger charge is 2.46. The summed E-state index contributed by atoms with van der Waals surface area (Å²) in [7, 11) is 3.98. The number of carbonyl (C=O) groups is 1. The number of para-hydroxylation sites is 1. The van der Waals surface area contributed by atoms with Gasteiger partial charge < -0.3 is 15.3 Å². The summed E-state index contributed by atoms with van der Waals surface area (Å²) in [5.41, 5.74) is 3.21. The molecule has 1 aliphatic rings. The van der Waals surface area contributed by atoms with E-state index in [-0.39, 0.29) is 5.91 Å². The van der Waals surface area contributed by atoms with Gasteiger partial charge in [0, 0.05) is 5.69 Å². The molecule has 1 amide bonds. The van der Waals surface area contributed by atoms with Gasteiger partial charge in [0.25, 0.3) is 0 Å². The molecule has 0 radical (unpaired) electrons. The van der Waals surface area contributed by atoms with Gasteiger partial charge in [-0.25, -0.2) is 0 Å². The van der Waals surface area contributed by atoms with E-state index in [9.17, 15) is 9.90 Å². The number of piperidine rings is 1. The lowest BCUT2D eigenvalue weighted by Gasteiger charge is -2.47. The first-order valence-corrected chi connectivity index (χ1v) is 10.8. The van der Waals surface area contributed by atoms with Crippen LogP contribution in [0.2, 0.25) is 0 Å². The minimum atomic E-state index is -0.782. The molecule has 1 saturated heterocycles. The standard InChI is InChI=1S/C25H35N3O2/c1-18-10-9-11-19(2)22(18)28(20(3)23(29)21-12-7-6-8-13-21)24(30)25(27(4)5)14-16-26-17-15-25/h6-13,20,23,26,29H,14-17H2,1-5H3. The molecular formula is C25H35N3O2. The molecule has 2 N–H and O–H groups in total. The van der Waals surface area contributed by atoms with E-state index >= 15 is 0 Å². The molecule has 2 atom stereocenters. The van der Waals surface area contributed by atoms with Crippen LogP contribution >= 0.6 is 0 Å². The fourth-order valence-corrected chi connectivity index (χ4v) is 4.66. The quantitative estimate of drug-likeness (QED) is 0.767. The second-order valence-corrected chi connectivity index (χ2v) is 8.69. The van der Waals surface area contributed by atoms with Crippen LogP contribution in [-0.4, -0.2) is 54.7 Å². The number of aliphatic hydroxyl groups excluding tert-OH is 1. The van der Waals surface area contributed by atoms with Crippen molar-refractivity contribution in [3.8, 4) is 0 Å². The minimum absolute atomic E-state index is 0.0638. The Balaban J connectivity index is 2.11. The maximum atomic E-state index is 14.3. The summed E-state index contributed by atoms with van der Waals surface area (Å²) in [5.74, 6) is 0.0638.